The molecule has 1 aromatic carbocycles. The molecule has 2 aromatic rings. The van der Waals surface area contributed by atoms with Crippen molar-refractivity contribution in [3.8, 4) is 0 Å². The topological polar surface area (TPSA) is 90.5 Å². The second-order valence-corrected chi connectivity index (χ2v) is 7.15. The Morgan fingerprint density at radius 1 is 1.24 bits per heavy atom. The third-order valence-electron chi connectivity index (χ3n) is 4.53. The molecule has 0 saturated carbocycles. The lowest BCUT2D eigenvalue weighted by molar-refractivity contribution is 0.0943. The zero-order valence-electron chi connectivity index (χ0n) is 13.6. The number of nitrogens with one attached hydrogen (secondary N) is 3. The molecule has 0 atom stereocenters. The summed E-state index contributed by atoms with van der Waals surface area (Å²) in [5.41, 5.74) is 1.61. The fraction of sp³-hybridized carbons (Fsp3) is 0.353. The Balaban J connectivity index is 1.48. The van der Waals surface area contributed by atoms with E-state index in [2.05, 4.69) is 16.0 Å². The fourth-order valence-electron chi connectivity index (χ4n) is 3.23. The van der Waals surface area contributed by atoms with Crippen LogP contribution in [0.3, 0.4) is 0 Å². The molecule has 2 aliphatic heterocycles. The van der Waals surface area contributed by atoms with Gasteiger partial charge >= 0.3 is 6.03 Å². The normalized spacial score (nSPS) is 16.6. The molecule has 130 valence electrons. The molecule has 4 rings (SSSR count). The molecule has 4 amide bonds. The van der Waals surface area contributed by atoms with Gasteiger partial charge in [-0.1, -0.05) is 0 Å². The van der Waals surface area contributed by atoms with E-state index in [1.807, 2.05) is 12.1 Å². The molecule has 0 unspecified atom stereocenters. The van der Waals surface area contributed by atoms with Crippen LogP contribution in [-0.4, -0.2) is 55.5 Å². The first-order chi connectivity index (χ1) is 12.1. The Morgan fingerprint density at radius 3 is 2.92 bits per heavy atom. The Hall–Kier alpha value is -2.61. The number of fused-ring (bicyclic) bond motifs is 3. The number of benzene rings is 1. The van der Waals surface area contributed by atoms with Crippen molar-refractivity contribution in [3.05, 3.63) is 34.2 Å². The quantitative estimate of drug-likeness (QED) is 0.760. The van der Waals surface area contributed by atoms with Crippen molar-refractivity contribution >= 4 is 39.3 Å². The van der Waals surface area contributed by atoms with E-state index in [0.717, 1.165) is 26.9 Å². The molecule has 0 spiro atoms. The van der Waals surface area contributed by atoms with Crippen LogP contribution in [0.1, 0.15) is 25.6 Å². The van der Waals surface area contributed by atoms with Crippen LogP contribution >= 0.6 is 11.3 Å². The molecule has 2 aliphatic rings. The molecule has 3 N–H and O–H groups in total. The fourth-order valence-corrected chi connectivity index (χ4v) is 4.38. The molecule has 25 heavy (non-hydrogen) atoms. The van der Waals surface area contributed by atoms with Crippen LogP contribution in [0.15, 0.2) is 18.2 Å². The number of hydrogen-bond donors (Lipinski definition) is 3. The maximum Gasteiger partial charge on any atom is 0.317 e. The second-order valence-electron chi connectivity index (χ2n) is 6.10. The Labute approximate surface area is 148 Å². The number of carbonyl (C=O) groups excluding carboxylic acids is 3. The Kier molecular flexibility index (Phi) is 4.04. The van der Waals surface area contributed by atoms with Gasteiger partial charge in [0.2, 0.25) is 0 Å². The average molecular weight is 358 g/mol. The standard InChI is InChI=1S/C17H18N4O3S/c22-15(19-5-7-21-8-6-20-17(21)24)10-1-2-13-12(9-10)11-3-4-18-16(23)14(11)25-13/h1-2,9H,3-8H2,(H,18,23)(H,19,22)(H,20,24). The van der Waals surface area contributed by atoms with Crippen LogP contribution in [0.4, 0.5) is 4.79 Å². The van der Waals surface area contributed by atoms with Crippen molar-refractivity contribution in [3.63, 3.8) is 0 Å². The zero-order valence-corrected chi connectivity index (χ0v) is 14.4. The van der Waals surface area contributed by atoms with Gasteiger partial charge in [-0.05, 0) is 35.6 Å². The van der Waals surface area contributed by atoms with Gasteiger partial charge in [0.05, 0.1) is 4.88 Å². The van der Waals surface area contributed by atoms with Gasteiger partial charge in [-0.25, -0.2) is 4.79 Å². The molecule has 0 radical (unpaired) electrons. The number of urea groups is 1. The maximum atomic E-state index is 12.4. The summed E-state index contributed by atoms with van der Waals surface area (Å²) < 4.78 is 1.02. The predicted octanol–water partition coefficient (Wildman–Crippen LogP) is 0.942. The Morgan fingerprint density at radius 2 is 2.12 bits per heavy atom. The van der Waals surface area contributed by atoms with Gasteiger partial charge in [-0.2, -0.15) is 0 Å². The smallest absolute Gasteiger partial charge is 0.317 e. The number of hydrogen-bond acceptors (Lipinski definition) is 4. The minimum atomic E-state index is -0.165. The lowest BCUT2D eigenvalue weighted by Gasteiger charge is -2.14. The summed E-state index contributed by atoms with van der Waals surface area (Å²) in [5, 5.41) is 9.42. The Bertz CT molecular complexity index is 876. The van der Waals surface area contributed by atoms with E-state index in [-0.39, 0.29) is 17.8 Å². The largest absolute Gasteiger partial charge is 0.351 e. The van der Waals surface area contributed by atoms with E-state index in [1.54, 1.807) is 11.0 Å². The highest BCUT2D eigenvalue weighted by Crippen LogP contribution is 2.33. The van der Waals surface area contributed by atoms with Crippen molar-refractivity contribution < 1.29 is 14.4 Å². The molecule has 1 saturated heterocycles. The molecule has 8 heteroatoms. The summed E-state index contributed by atoms with van der Waals surface area (Å²) in [7, 11) is 0. The predicted molar refractivity (Wildman–Crippen MR) is 95.2 cm³/mol. The number of amides is 4. The number of nitrogens with zero attached hydrogens (tertiary/aromatic N) is 1. The van der Waals surface area contributed by atoms with E-state index >= 15 is 0 Å². The maximum absolute atomic E-state index is 12.4. The van der Waals surface area contributed by atoms with E-state index in [9.17, 15) is 14.4 Å². The van der Waals surface area contributed by atoms with Crippen LogP contribution in [0.5, 0.6) is 0 Å². The van der Waals surface area contributed by atoms with Gasteiger partial charge in [-0.3, -0.25) is 9.59 Å². The molecule has 0 bridgehead atoms. The SMILES string of the molecule is O=C(NCCN1CCNC1=O)c1ccc2sc3c(c2c1)CCNC3=O. The van der Waals surface area contributed by atoms with Crippen LogP contribution in [0.2, 0.25) is 0 Å². The lowest BCUT2D eigenvalue weighted by atomic mass is 10.0. The summed E-state index contributed by atoms with van der Waals surface area (Å²) in [4.78, 5) is 38.2. The first-order valence-corrected chi connectivity index (χ1v) is 9.10. The van der Waals surface area contributed by atoms with Gasteiger partial charge in [0.25, 0.3) is 11.8 Å². The molecular formula is C17H18N4O3S. The van der Waals surface area contributed by atoms with E-state index in [4.69, 9.17) is 0 Å². The minimum Gasteiger partial charge on any atom is -0.351 e. The van der Waals surface area contributed by atoms with Gasteiger partial charge in [0, 0.05) is 43.0 Å². The molecule has 7 nitrogen and oxygen atoms in total. The highest BCUT2D eigenvalue weighted by molar-refractivity contribution is 7.21. The molecule has 3 heterocycles. The van der Waals surface area contributed by atoms with Gasteiger partial charge in [-0.15, -0.1) is 11.3 Å². The second kappa shape index (κ2) is 6.36. The van der Waals surface area contributed by atoms with Crippen LogP contribution in [0, 0.1) is 0 Å². The molecule has 1 fully saturated rings. The van der Waals surface area contributed by atoms with Crippen molar-refractivity contribution in [2.24, 2.45) is 0 Å². The summed E-state index contributed by atoms with van der Waals surface area (Å²) in [5.74, 6) is -0.195. The third kappa shape index (κ3) is 2.93. The van der Waals surface area contributed by atoms with E-state index in [1.165, 1.54) is 11.3 Å². The molecule has 0 aliphatic carbocycles. The van der Waals surface area contributed by atoms with E-state index in [0.29, 0.717) is 38.3 Å². The molecule has 1 aromatic heterocycles. The summed E-state index contributed by atoms with van der Waals surface area (Å²) in [6, 6.07) is 5.45. The number of thiophene rings is 1. The van der Waals surface area contributed by atoms with Crippen molar-refractivity contribution in [1.82, 2.24) is 20.9 Å². The van der Waals surface area contributed by atoms with Crippen LogP contribution < -0.4 is 16.0 Å². The number of carbonyl (C=O) groups is 3. The van der Waals surface area contributed by atoms with Crippen molar-refractivity contribution in [2.45, 2.75) is 6.42 Å². The summed E-state index contributed by atoms with van der Waals surface area (Å²) >= 11 is 1.47. The van der Waals surface area contributed by atoms with Crippen molar-refractivity contribution in [2.75, 3.05) is 32.7 Å². The first kappa shape index (κ1) is 15.9. The van der Waals surface area contributed by atoms with Crippen LogP contribution in [-0.2, 0) is 6.42 Å². The zero-order chi connectivity index (χ0) is 17.4. The van der Waals surface area contributed by atoms with Gasteiger partial charge in [0.1, 0.15) is 0 Å². The van der Waals surface area contributed by atoms with Gasteiger partial charge in [0.15, 0.2) is 0 Å². The van der Waals surface area contributed by atoms with Gasteiger partial charge < -0.3 is 20.9 Å². The number of rotatable bonds is 4. The first-order valence-electron chi connectivity index (χ1n) is 8.28. The summed E-state index contributed by atoms with van der Waals surface area (Å²) in [6.45, 7) is 2.86. The molecular weight excluding hydrogens is 340 g/mol. The monoisotopic (exact) mass is 358 g/mol. The minimum absolute atomic E-state index is 0.0302. The van der Waals surface area contributed by atoms with Crippen molar-refractivity contribution in [1.29, 1.82) is 0 Å². The highest BCUT2D eigenvalue weighted by Gasteiger charge is 2.23. The lowest BCUT2D eigenvalue weighted by Crippen LogP contribution is -2.36. The average Bonchev–Trinajstić information content (AvgIpc) is 3.19. The van der Waals surface area contributed by atoms with E-state index < -0.39 is 0 Å². The highest BCUT2D eigenvalue weighted by atomic mass is 32.1. The third-order valence-corrected chi connectivity index (χ3v) is 5.74. The summed E-state index contributed by atoms with van der Waals surface area (Å²) in [6.07, 6.45) is 0.788. The van der Waals surface area contributed by atoms with Crippen LogP contribution in [0.25, 0.3) is 10.1 Å².